The topological polar surface area (TPSA) is 48.6 Å². The third-order valence-corrected chi connectivity index (χ3v) is 4.10. The largest absolute Gasteiger partial charge is 0.323 e. The fourth-order valence-corrected chi connectivity index (χ4v) is 3.21. The first-order chi connectivity index (χ1) is 7.00. The Morgan fingerprint density at radius 1 is 1.33 bits per heavy atom. The standard InChI is InChI=1S/C10H12N2OS2/c1-4(2)7-5(3)6-8(13)11-10(14)12-9(6)15-7/h4H,1-3H3,(H2,11,12,13,14). The van der Waals surface area contributed by atoms with Gasteiger partial charge in [-0.05, 0) is 30.6 Å². The van der Waals surface area contributed by atoms with E-state index in [0.29, 0.717) is 10.7 Å². The van der Waals surface area contributed by atoms with Crippen LogP contribution in [0.4, 0.5) is 0 Å². The quantitative estimate of drug-likeness (QED) is 0.753. The first-order valence-electron chi connectivity index (χ1n) is 4.76. The zero-order valence-corrected chi connectivity index (χ0v) is 10.4. The van der Waals surface area contributed by atoms with Gasteiger partial charge in [0.05, 0.1) is 5.39 Å². The Morgan fingerprint density at radius 3 is 2.60 bits per heavy atom. The zero-order chi connectivity index (χ0) is 11.2. The van der Waals surface area contributed by atoms with E-state index in [9.17, 15) is 4.79 Å². The lowest BCUT2D eigenvalue weighted by Gasteiger charge is -2.00. The van der Waals surface area contributed by atoms with Crippen molar-refractivity contribution in [2.24, 2.45) is 0 Å². The molecule has 2 aromatic heterocycles. The number of hydrogen-bond acceptors (Lipinski definition) is 3. The average molecular weight is 240 g/mol. The Morgan fingerprint density at radius 2 is 2.00 bits per heavy atom. The Bertz CT molecular complexity index is 618. The number of aryl methyl sites for hydroxylation is 1. The van der Waals surface area contributed by atoms with E-state index in [0.717, 1.165) is 15.8 Å². The lowest BCUT2D eigenvalue weighted by Crippen LogP contribution is -2.07. The van der Waals surface area contributed by atoms with Crippen molar-refractivity contribution in [3.8, 4) is 0 Å². The summed E-state index contributed by atoms with van der Waals surface area (Å²) in [4.78, 5) is 19.5. The van der Waals surface area contributed by atoms with Gasteiger partial charge < -0.3 is 4.98 Å². The van der Waals surface area contributed by atoms with Gasteiger partial charge in [0.15, 0.2) is 4.77 Å². The molecule has 2 heterocycles. The minimum atomic E-state index is -0.0885. The van der Waals surface area contributed by atoms with E-state index in [4.69, 9.17) is 12.2 Å². The van der Waals surface area contributed by atoms with Gasteiger partial charge in [-0.25, -0.2) is 0 Å². The molecule has 0 aromatic carbocycles. The van der Waals surface area contributed by atoms with Crippen LogP contribution in [0.3, 0.4) is 0 Å². The summed E-state index contributed by atoms with van der Waals surface area (Å²) in [7, 11) is 0. The lowest BCUT2D eigenvalue weighted by atomic mass is 10.1. The van der Waals surface area contributed by atoms with Crippen LogP contribution in [0.5, 0.6) is 0 Å². The van der Waals surface area contributed by atoms with Gasteiger partial charge in [-0.1, -0.05) is 13.8 Å². The number of aromatic nitrogens is 2. The fraction of sp³-hybridized carbons (Fsp3) is 0.400. The molecule has 15 heavy (non-hydrogen) atoms. The van der Waals surface area contributed by atoms with Crippen LogP contribution in [-0.4, -0.2) is 9.97 Å². The predicted molar refractivity (Wildman–Crippen MR) is 66.5 cm³/mol. The Labute approximate surface area is 96.2 Å². The smallest absolute Gasteiger partial charge is 0.260 e. The third kappa shape index (κ3) is 1.66. The predicted octanol–water partition coefficient (Wildman–Crippen LogP) is 3.08. The molecule has 0 amide bonds. The van der Waals surface area contributed by atoms with E-state index < -0.39 is 0 Å². The first kappa shape index (κ1) is 10.6. The van der Waals surface area contributed by atoms with E-state index in [2.05, 4.69) is 23.8 Å². The molecule has 3 nitrogen and oxygen atoms in total. The maximum absolute atomic E-state index is 11.7. The molecule has 0 aliphatic heterocycles. The number of hydrogen-bond donors (Lipinski definition) is 2. The van der Waals surface area contributed by atoms with E-state index in [1.165, 1.54) is 4.88 Å². The highest BCUT2D eigenvalue weighted by molar-refractivity contribution is 7.71. The third-order valence-electron chi connectivity index (χ3n) is 2.39. The van der Waals surface area contributed by atoms with Crippen molar-refractivity contribution in [1.29, 1.82) is 0 Å². The van der Waals surface area contributed by atoms with Gasteiger partial charge in [0.1, 0.15) is 4.83 Å². The van der Waals surface area contributed by atoms with E-state index in [1.807, 2.05) is 6.92 Å². The molecule has 0 atom stereocenters. The number of H-pyrrole nitrogens is 2. The zero-order valence-electron chi connectivity index (χ0n) is 8.80. The minimum absolute atomic E-state index is 0.0885. The summed E-state index contributed by atoms with van der Waals surface area (Å²) in [5.74, 6) is 0.434. The molecule has 0 aliphatic rings. The SMILES string of the molecule is Cc1c(C(C)C)sc2[nH]c(=S)[nH]c(=O)c12. The number of rotatable bonds is 1. The molecule has 0 fully saturated rings. The van der Waals surface area contributed by atoms with Crippen molar-refractivity contribution in [2.45, 2.75) is 26.7 Å². The van der Waals surface area contributed by atoms with Crippen molar-refractivity contribution in [1.82, 2.24) is 9.97 Å². The maximum Gasteiger partial charge on any atom is 0.260 e. The van der Waals surface area contributed by atoms with Gasteiger partial charge in [0.25, 0.3) is 5.56 Å². The van der Waals surface area contributed by atoms with Crippen molar-refractivity contribution in [3.63, 3.8) is 0 Å². The summed E-state index contributed by atoms with van der Waals surface area (Å²) in [5.41, 5.74) is 0.979. The monoisotopic (exact) mass is 240 g/mol. The van der Waals surface area contributed by atoms with E-state index >= 15 is 0 Å². The summed E-state index contributed by atoms with van der Waals surface area (Å²) >= 11 is 6.56. The van der Waals surface area contributed by atoms with Crippen molar-refractivity contribution < 1.29 is 0 Å². The van der Waals surface area contributed by atoms with Gasteiger partial charge >= 0.3 is 0 Å². The van der Waals surface area contributed by atoms with Crippen LogP contribution < -0.4 is 5.56 Å². The van der Waals surface area contributed by atoms with Crippen molar-refractivity contribution in [2.75, 3.05) is 0 Å². The summed E-state index contributed by atoms with van der Waals surface area (Å²) in [6.07, 6.45) is 0. The second-order valence-electron chi connectivity index (χ2n) is 3.86. The molecule has 5 heteroatoms. The van der Waals surface area contributed by atoms with Gasteiger partial charge in [-0.2, -0.15) is 0 Å². The fourth-order valence-electron chi connectivity index (χ4n) is 1.74. The van der Waals surface area contributed by atoms with Gasteiger partial charge in [-0.15, -0.1) is 11.3 Å². The molecule has 0 saturated carbocycles. The van der Waals surface area contributed by atoms with Gasteiger partial charge in [-0.3, -0.25) is 9.78 Å². The molecule has 2 aromatic rings. The summed E-state index contributed by atoms with van der Waals surface area (Å²) in [6.45, 7) is 6.24. The highest BCUT2D eigenvalue weighted by atomic mass is 32.1. The van der Waals surface area contributed by atoms with Crippen LogP contribution in [0, 0.1) is 11.7 Å². The van der Waals surface area contributed by atoms with E-state index in [-0.39, 0.29) is 5.56 Å². The molecule has 0 saturated heterocycles. The number of aromatic amines is 2. The van der Waals surface area contributed by atoms with Crippen molar-refractivity contribution in [3.05, 3.63) is 25.6 Å². The molecular formula is C10H12N2OS2. The van der Waals surface area contributed by atoms with E-state index in [1.54, 1.807) is 11.3 Å². The Kier molecular flexibility index (Phi) is 2.52. The molecule has 0 bridgehead atoms. The minimum Gasteiger partial charge on any atom is -0.323 e. The molecule has 0 spiro atoms. The molecule has 0 radical (unpaired) electrons. The molecule has 2 rings (SSSR count). The molecule has 0 unspecified atom stereocenters. The molecule has 80 valence electrons. The van der Waals surface area contributed by atoms with Crippen molar-refractivity contribution >= 4 is 33.8 Å². The van der Waals surface area contributed by atoms with Crippen LogP contribution in [0.15, 0.2) is 4.79 Å². The lowest BCUT2D eigenvalue weighted by molar-refractivity contribution is 0.882. The van der Waals surface area contributed by atoms with Gasteiger partial charge in [0, 0.05) is 4.88 Å². The van der Waals surface area contributed by atoms with Crippen LogP contribution >= 0.6 is 23.6 Å². The Hall–Kier alpha value is -0.940. The summed E-state index contributed by atoms with van der Waals surface area (Å²) in [6, 6.07) is 0. The Balaban J connectivity index is 2.94. The number of fused-ring (bicyclic) bond motifs is 1. The van der Waals surface area contributed by atoms with Crippen LogP contribution in [-0.2, 0) is 0 Å². The normalized spacial score (nSPS) is 11.5. The van der Waals surface area contributed by atoms with Crippen LogP contribution in [0.1, 0.15) is 30.2 Å². The second kappa shape index (κ2) is 3.57. The maximum atomic E-state index is 11.7. The average Bonchev–Trinajstić information content (AvgIpc) is 2.42. The summed E-state index contributed by atoms with van der Waals surface area (Å²) < 4.78 is 0.393. The summed E-state index contributed by atoms with van der Waals surface area (Å²) in [5, 5.41) is 0.748. The molecule has 2 N–H and O–H groups in total. The number of thiophene rings is 1. The molecule has 0 aliphatic carbocycles. The number of nitrogens with one attached hydrogen (secondary N) is 2. The second-order valence-corrected chi connectivity index (χ2v) is 5.32. The highest BCUT2D eigenvalue weighted by Gasteiger charge is 2.14. The highest BCUT2D eigenvalue weighted by Crippen LogP contribution is 2.32. The van der Waals surface area contributed by atoms with Crippen LogP contribution in [0.2, 0.25) is 0 Å². The van der Waals surface area contributed by atoms with Gasteiger partial charge in [0.2, 0.25) is 0 Å². The molecular weight excluding hydrogens is 228 g/mol. The van der Waals surface area contributed by atoms with Crippen LogP contribution in [0.25, 0.3) is 10.2 Å². The first-order valence-corrected chi connectivity index (χ1v) is 5.98.